The van der Waals surface area contributed by atoms with E-state index in [1.165, 1.54) is 32.2 Å². The van der Waals surface area contributed by atoms with Crippen LogP contribution in [0.25, 0.3) is 11.1 Å². The Labute approximate surface area is 190 Å². The van der Waals surface area contributed by atoms with Gasteiger partial charge in [-0.05, 0) is 53.9 Å². The van der Waals surface area contributed by atoms with Crippen LogP contribution in [0.4, 0.5) is 0 Å². The maximum atomic E-state index is 12.0. The Balaban J connectivity index is 2.27. The van der Waals surface area contributed by atoms with Crippen LogP contribution in [0.1, 0.15) is 33.2 Å². The molecule has 0 aliphatic carbocycles. The van der Waals surface area contributed by atoms with Gasteiger partial charge in [-0.25, -0.2) is 4.79 Å². The fraction of sp³-hybridized carbons (Fsp3) is 0.391. The van der Waals surface area contributed by atoms with E-state index in [9.17, 15) is 35.1 Å². The van der Waals surface area contributed by atoms with Gasteiger partial charge in [0.15, 0.2) is 0 Å². The molecule has 0 aliphatic heterocycles. The van der Waals surface area contributed by atoms with Gasteiger partial charge in [0.05, 0.1) is 11.7 Å². The summed E-state index contributed by atoms with van der Waals surface area (Å²) in [6.07, 6.45) is -6.97. The average Bonchev–Trinajstić information content (AvgIpc) is 2.82. The smallest absolute Gasteiger partial charge is 0.335 e. The first-order valence-electron chi connectivity index (χ1n) is 10.2. The Morgan fingerprint density at radius 3 is 2.12 bits per heavy atom. The molecule has 0 fully saturated rings. The number of carboxylic acids is 1. The van der Waals surface area contributed by atoms with E-state index in [-0.39, 0.29) is 16.9 Å². The van der Waals surface area contributed by atoms with E-state index in [4.69, 9.17) is 9.84 Å². The number of nitrogens with one attached hydrogen (secondary N) is 1. The minimum Gasteiger partial charge on any atom is -0.478 e. The number of aryl methyl sites for hydroxylation is 1. The Morgan fingerprint density at radius 1 is 0.939 bits per heavy atom. The van der Waals surface area contributed by atoms with Gasteiger partial charge >= 0.3 is 5.97 Å². The number of hydrogen-bond acceptors (Lipinski definition) is 8. The fourth-order valence-electron chi connectivity index (χ4n) is 3.17. The van der Waals surface area contributed by atoms with Crippen LogP contribution < -0.4 is 10.1 Å². The van der Waals surface area contributed by atoms with Crippen molar-refractivity contribution < 1.29 is 45.0 Å². The van der Waals surface area contributed by atoms with Crippen molar-refractivity contribution in [1.82, 2.24) is 5.32 Å². The van der Waals surface area contributed by atoms with Crippen molar-refractivity contribution in [3.05, 3.63) is 53.1 Å². The van der Waals surface area contributed by atoms with Crippen LogP contribution in [-0.4, -0.2) is 80.8 Å². The summed E-state index contributed by atoms with van der Waals surface area (Å²) in [6, 6.07) is 8.93. The number of benzene rings is 2. The molecule has 2 aromatic rings. The van der Waals surface area contributed by atoms with Crippen LogP contribution in [0.2, 0.25) is 0 Å². The van der Waals surface area contributed by atoms with Crippen molar-refractivity contribution in [2.24, 2.45) is 5.92 Å². The van der Waals surface area contributed by atoms with Gasteiger partial charge in [-0.1, -0.05) is 13.0 Å². The lowest BCUT2D eigenvalue weighted by Gasteiger charge is -2.29. The summed E-state index contributed by atoms with van der Waals surface area (Å²) < 4.78 is 5.34. The number of aliphatic hydroxyl groups is 5. The lowest BCUT2D eigenvalue weighted by Crippen LogP contribution is -2.49. The number of aromatic carboxylic acids is 1. The zero-order chi connectivity index (χ0) is 24.9. The molecule has 7 N–H and O–H groups in total. The molecule has 0 spiro atoms. The van der Waals surface area contributed by atoms with Crippen molar-refractivity contribution in [3.8, 4) is 16.9 Å². The topological polar surface area (TPSA) is 177 Å². The normalized spacial score (nSPS) is 15.8. The first kappa shape index (κ1) is 26.2. The van der Waals surface area contributed by atoms with Crippen molar-refractivity contribution >= 4 is 11.9 Å². The maximum Gasteiger partial charge on any atom is 0.335 e. The van der Waals surface area contributed by atoms with Gasteiger partial charge in [-0.2, -0.15) is 0 Å². The van der Waals surface area contributed by atoms with E-state index in [0.29, 0.717) is 16.7 Å². The molecule has 0 aliphatic rings. The second-order valence-electron chi connectivity index (χ2n) is 7.80. The molecular weight excluding hydrogens is 434 g/mol. The van der Waals surface area contributed by atoms with E-state index in [2.05, 4.69) is 5.32 Å². The predicted molar refractivity (Wildman–Crippen MR) is 118 cm³/mol. The molecule has 0 heterocycles. The highest BCUT2D eigenvalue weighted by Gasteiger charge is 2.34. The second-order valence-corrected chi connectivity index (χ2v) is 7.80. The minimum absolute atomic E-state index is 0.0627. The lowest BCUT2D eigenvalue weighted by molar-refractivity contribution is -0.172. The molecular formula is C23H29NO9. The zero-order valence-corrected chi connectivity index (χ0v) is 18.5. The zero-order valence-electron chi connectivity index (χ0n) is 18.5. The van der Waals surface area contributed by atoms with Crippen LogP contribution in [0.15, 0.2) is 36.4 Å². The SMILES string of the molecule is CNC(=O)c1cc(C(=O)O)cc(-c2ccc(OC(O)C(O)C(O)C(O)C(C)CO)c(C)c2)c1. The van der Waals surface area contributed by atoms with Crippen LogP contribution in [0.3, 0.4) is 0 Å². The summed E-state index contributed by atoms with van der Waals surface area (Å²) >= 11 is 0. The molecule has 2 rings (SSSR count). The van der Waals surface area contributed by atoms with Crippen LogP contribution in [0, 0.1) is 12.8 Å². The van der Waals surface area contributed by atoms with Crippen LogP contribution in [-0.2, 0) is 0 Å². The Morgan fingerprint density at radius 2 is 1.58 bits per heavy atom. The highest BCUT2D eigenvalue weighted by atomic mass is 16.6. The molecule has 0 bridgehead atoms. The van der Waals surface area contributed by atoms with Crippen molar-refractivity contribution in [2.75, 3.05) is 13.7 Å². The van der Waals surface area contributed by atoms with Gasteiger partial charge in [-0.15, -0.1) is 0 Å². The summed E-state index contributed by atoms with van der Waals surface area (Å²) in [6.45, 7) is 2.69. The van der Waals surface area contributed by atoms with Crippen molar-refractivity contribution in [3.63, 3.8) is 0 Å². The van der Waals surface area contributed by atoms with Gasteiger partial charge in [0, 0.05) is 25.1 Å². The van der Waals surface area contributed by atoms with Crippen LogP contribution in [0.5, 0.6) is 5.75 Å². The number of ether oxygens (including phenoxy) is 1. The maximum absolute atomic E-state index is 12.0. The standard InChI is InChI=1S/C23H29NO9/c1-11-6-13(14-7-15(21(29)24-3)9-16(8-14)22(30)31)4-5-17(11)33-23(32)20(28)19(27)18(26)12(2)10-25/h4-9,12,18-20,23,25-28,32H,10H2,1-3H3,(H,24,29)(H,30,31). The van der Waals surface area contributed by atoms with E-state index >= 15 is 0 Å². The molecule has 0 saturated heterocycles. The molecule has 0 aromatic heterocycles. The quantitative estimate of drug-likeness (QED) is 0.241. The number of carboxylic acid groups (broad SMARTS) is 1. The third kappa shape index (κ3) is 6.28. The molecule has 1 amide bonds. The highest BCUT2D eigenvalue weighted by molar-refractivity contribution is 5.99. The van der Waals surface area contributed by atoms with Crippen molar-refractivity contribution in [2.45, 2.75) is 38.4 Å². The molecule has 2 aromatic carbocycles. The first-order valence-corrected chi connectivity index (χ1v) is 10.2. The lowest BCUT2D eigenvalue weighted by atomic mass is 9.96. The fourth-order valence-corrected chi connectivity index (χ4v) is 3.17. The number of carbonyl (C=O) groups is 2. The largest absolute Gasteiger partial charge is 0.478 e. The molecule has 10 nitrogen and oxygen atoms in total. The van der Waals surface area contributed by atoms with E-state index in [1.54, 1.807) is 25.1 Å². The van der Waals surface area contributed by atoms with Gasteiger partial charge in [0.25, 0.3) is 5.91 Å². The molecule has 0 radical (unpaired) electrons. The summed E-state index contributed by atoms with van der Waals surface area (Å²) in [5, 5.41) is 61.1. The van der Waals surface area contributed by atoms with Gasteiger partial charge in [0.1, 0.15) is 18.0 Å². The Bertz CT molecular complexity index is 994. The summed E-state index contributed by atoms with van der Waals surface area (Å²) in [5.74, 6) is -2.19. The molecule has 0 saturated carbocycles. The van der Waals surface area contributed by atoms with Gasteiger partial charge < -0.3 is 40.7 Å². The monoisotopic (exact) mass is 463 g/mol. The number of hydrogen-bond donors (Lipinski definition) is 7. The van der Waals surface area contributed by atoms with E-state index in [1.807, 2.05) is 0 Å². The second kappa shape index (κ2) is 11.2. The van der Waals surface area contributed by atoms with E-state index in [0.717, 1.165) is 0 Å². The number of amides is 1. The molecule has 5 unspecified atom stereocenters. The first-order chi connectivity index (χ1) is 15.5. The number of aliphatic hydroxyl groups excluding tert-OH is 5. The molecule has 180 valence electrons. The van der Waals surface area contributed by atoms with Crippen LogP contribution >= 0.6 is 0 Å². The highest BCUT2D eigenvalue weighted by Crippen LogP contribution is 2.29. The Kier molecular flexibility index (Phi) is 8.91. The average molecular weight is 463 g/mol. The summed E-state index contributed by atoms with van der Waals surface area (Å²) in [5.41, 5.74) is 1.68. The molecule has 33 heavy (non-hydrogen) atoms. The molecule has 10 heteroatoms. The third-order valence-electron chi connectivity index (χ3n) is 5.29. The predicted octanol–water partition coefficient (Wildman–Crippen LogP) is 0.128. The molecule has 5 atom stereocenters. The third-order valence-corrected chi connectivity index (χ3v) is 5.29. The summed E-state index contributed by atoms with van der Waals surface area (Å²) in [7, 11) is 1.44. The van der Waals surface area contributed by atoms with E-state index < -0.39 is 49.0 Å². The summed E-state index contributed by atoms with van der Waals surface area (Å²) in [4.78, 5) is 23.5. The number of carbonyl (C=O) groups excluding carboxylic acids is 1. The van der Waals surface area contributed by atoms with Gasteiger partial charge in [0.2, 0.25) is 6.29 Å². The number of rotatable bonds is 10. The Hall–Kier alpha value is -3.02. The van der Waals surface area contributed by atoms with Gasteiger partial charge in [-0.3, -0.25) is 4.79 Å². The van der Waals surface area contributed by atoms with Crippen molar-refractivity contribution in [1.29, 1.82) is 0 Å². The minimum atomic E-state index is -1.87.